The smallest absolute Gasteiger partial charge is 0.0919 e. The fourth-order valence-corrected chi connectivity index (χ4v) is 1.59. The number of rotatable bonds is 1. The largest absolute Gasteiger partial charge is 0.351 e. The summed E-state index contributed by atoms with van der Waals surface area (Å²) in [5.74, 6) is 0. The third-order valence-electron chi connectivity index (χ3n) is 2.43. The van der Waals surface area contributed by atoms with Gasteiger partial charge >= 0.3 is 0 Å². The molecule has 0 spiro atoms. The standard InChI is InChI=1S/C11H12N2.C3H4N2/c1-10-9-13(8-7-12-10)11-5-3-2-4-6-11;1-2-5-3-4-1/h2-8H,9H2,1H3;1-3H,(H,4,5). The van der Waals surface area contributed by atoms with Gasteiger partial charge in [0, 0.05) is 36.2 Å². The lowest BCUT2D eigenvalue weighted by molar-refractivity contribution is 1.08. The number of aromatic amines is 1. The van der Waals surface area contributed by atoms with E-state index in [1.807, 2.05) is 37.5 Å². The van der Waals surface area contributed by atoms with Gasteiger partial charge in [-0.05, 0) is 19.1 Å². The fraction of sp³-hybridized carbons (Fsp3) is 0.143. The normalized spacial score (nSPS) is 13.6. The van der Waals surface area contributed by atoms with E-state index in [9.17, 15) is 0 Å². The van der Waals surface area contributed by atoms with Crippen molar-refractivity contribution in [3.05, 3.63) is 61.5 Å². The zero-order valence-corrected chi connectivity index (χ0v) is 10.3. The molecule has 0 atom stereocenters. The average Bonchev–Trinajstić information content (AvgIpc) is 2.99. The predicted octanol–water partition coefficient (Wildman–Crippen LogP) is 2.85. The van der Waals surface area contributed by atoms with Gasteiger partial charge in [0.1, 0.15) is 0 Å². The molecule has 18 heavy (non-hydrogen) atoms. The van der Waals surface area contributed by atoms with Crippen LogP contribution in [0.3, 0.4) is 0 Å². The van der Waals surface area contributed by atoms with Gasteiger partial charge in [0.15, 0.2) is 0 Å². The van der Waals surface area contributed by atoms with Gasteiger partial charge in [-0.2, -0.15) is 0 Å². The molecule has 0 radical (unpaired) electrons. The Balaban J connectivity index is 0.000000202. The lowest BCUT2D eigenvalue weighted by atomic mass is 10.2. The molecule has 0 unspecified atom stereocenters. The predicted molar refractivity (Wildman–Crippen MR) is 74.6 cm³/mol. The first-order valence-electron chi connectivity index (χ1n) is 5.80. The summed E-state index contributed by atoms with van der Waals surface area (Å²) < 4.78 is 0. The summed E-state index contributed by atoms with van der Waals surface area (Å²) in [5.41, 5.74) is 2.36. The van der Waals surface area contributed by atoms with Crippen molar-refractivity contribution < 1.29 is 0 Å². The van der Waals surface area contributed by atoms with Crippen LogP contribution in [0.4, 0.5) is 5.69 Å². The second-order valence-corrected chi connectivity index (χ2v) is 3.89. The molecule has 0 aliphatic carbocycles. The zero-order chi connectivity index (χ0) is 12.6. The maximum Gasteiger partial charge on any atom is 0.0919 e. The Hall–Kier alpha value is -2.36. The van der Waals surface area contributed by atoms with Crippen molar-refractivity contribution in [3.63, 3.8) is 0 Å². The Morgan fingerprint density at radius 3 is 2.61 bits per heavy atom. The van der Waals surface area contributed by atoms with Crippen molar-refractivity contribution in [2.45, 2.75) is 6.92 Å². The molecule has 2 aromatic rings. The molecule has 1 aromatic carbocycles. The molecule has 0 bridgehead atoms. The molecule has 3 rings (SSSR count). The molecule has 1 aliphatic rings. The second kappa shape index (κ2) is 6.39. The van der Waals surface area contributed by atoms with Crippen LogP contribution in [-0.4, -0.2) is 22.2 Å². The number of nitrogens with zero attached hydrogens (tertiary/aromatic N) is 3. The third kappa shape index (κ3) is 3.59. The summed E-state index contributed by atoms with van der Waals surface area (Å²) in [5, 5.41) is 0. The van der Waals surface area contributed by atoms with E-state index in [1.54, 1.807) is 18.7 Å². The van der Waals surface area contributed by atoms with Crippen LogP contribution in [0.15, 0.2) is 66.4 Å². The van der Waals surface area contributed by atoms with Gasteiger partial charge in [-0.15, -0.1) is 0 Å². The van der Waals surface area contributed by atoms with Crippen molar-refractivity contribution >= 4 is 11.4 Å². The molecule has 0 amide bonds. The van der Waals surface area contributed by atoms with Crippen LogP contribution < -0.4 is 4.90 Å². The van der Waals surface area contributed by atoms with Crippen molar-refractivity contribution in [2.24, 2.45) is 4.99 Å². The van der Waals surface area contributed by atoms with E-state index in [0.29, 0.717) is 0 Å². The molecular formula is C14H16N4. The third-order valence-corrected chi connectivity index (χ3v) is 2.43. The first-order valence-corrected chi connectivity index (χ1v) is 5.80. The van der Waals surface area contributed by atoms with Crippen molar-refractivity contribution in [1.82, 2.24) is 9.97 Å². The van der Waals surface area contributed by atoms with Gasteiger partial charge in [0.25, 0.3) is 0 Å². The Morgan fingerprint density at radius 1 is 1.22 bits per heavy atom. The number of nitrogens with one attached hydrogen (secondary N) is 1. The molecule has 4 heteroatoms. The number of aliphatic imine (C=N–C) groups is 1. The summed E-state index contributed by atoms with van der Waals surface area (Å²) in [4.78, 5) is 12.8. The van der Waals surface area contributed by atoms with E-state index in [1.165, 1.54) is 5.69 Å². The van der Waals surface area contributed by atoms with Crippen molar-refractivity contribution in [2.75, 3.05) is 11.4 Å². The lowest BCUT2D eigenvalue weighted by Crippen LogP contribution is -2.24. The Bertz CT molecular complexity index is 483. The molecule has 92 valence electrons. The minimum absolute atomic E-state index is 0.889. The highest BCUT2D eigenvalue weighted by molar-refractivity contribution is 5.88. The number of imidazole rings is 1. The van der Waals surface area contributed by atoms with Crippen LogP contribution in [0.1, 0.15) is 6.92 Å². The van der Waals surface area contributed by atoms with Crippen molar-refractivity contribution in [3.8, 4) is 0 Å². The summed E-state index contributed by atoms with van der Waals surface area (Å²) in [6.45, 7) is 2.93. The number of anilines is 1. The maximum atomic E-state index is 4.20. The number of hydrogen-bond acceptors (Lipinski definition) is 3. The van der Waals surface area contributed by atoms with E-state index >= 15 is 0 Å². The van der Waals surface area contributed by atoms with Gasteiger partial charge in [0.2, 0.25) is 0 Å². The number of aromatic nitrogens is 2. The molecule has 0 fully saturated rings. The summed E-state index contributed by atoms with van der Waals surface area (Å²) in [6.07, 6.45) is 8.92. The van der Waals surface area contributed by atoms with Gasteiger partial charge < -0.3 is 9.88 Å². The van der Waals surface area contributed by atoms with E-state index in [2.05, 4.69) is 32.0 Å². The summed E-state index contributed by atoms with van der Waals surface area (Å²) in [6, 6.07) is 10.3. The van der Waals surface area contributed by atoms with E-state index < -0.39 is 0 Å². The highest BCUT2D eigenvalue weighted by Crippen LogP contribution is 2.15. The van der Waals surface area contributed by atoms with Crippen LogP contribution in [0.5, 0.6) is 0 Å². The topological polar surface area (TPSA) is 44.3 Å². The van der Waals surface area contributed by atoms with Gasteiger partial charge in [0.05, 0.1) is 12.9 Å². The van der Waals surface area contributed by atoms with E-state index in [-0.39, 0.29) is 0 Å². The van der Waals surface area contributed by atoms with Gasteiger partial charge in [-0.1, -0.05) is 18.2 Å². The van der Waals surface area contributed by atoms with Crippen molar-refractivity contribution in [1.29, 1.82) is 0 Å². The summed E-state index contributed by atoms with van der Waals surface area (Å²) in [7, 11) is 0. The Morgan fingerprint density at radius 2 is 2.06 bits per heavy atom. The van der Waals surface area contributed by atoms with Gasteiger partial charge in [-0.25, -0.2) is 4.98 Å². The Labute approximate surface area is 107 Å². The van der Waals surface area contributed by atoms with Gasteiger partial charge in [-0.3, -0.25) is 4.99 Å². The molecule has 1 aliphatic heterocycles. The van der Waals surface area contributed by atoms with Crippen LogP contribution in [0, 0.1) is 0 Å². The molecule has 0 saturated carbocycles. The maximum absolute atomic E-state index is 4.20. The number of H-pyrrole nitrogens is 1. The monoisotopic (exact) mass is 240 g/mol. The van der Waals surface area contributed by atoms with E-state index in [0.717, 1.165) is 12.3 Å². The molecule has 0 saturated heterocycles. The number of hydrogen-bond donors (Lipinski definition) is 1. The Kier molecular flexibility index (Phi) is 4.30. The number of benzene rings is 1. The molecule has 2 heterocycles. The molecule has 1 aromatic heterocycles. The summed E-state index contributed by atoms with van der Waals surface area (Å²) >= 11 is 0. The highest BCUT2D eigenvalue weighted by Gasteiger charge is 2.06. The highest BCUT2D eigenvalue weighted by atomic mass is 15.1. The van der Waals surface area contributed by atoms with Crippen LogP contribution in [-0.2, 0) is 0 Å². The minimum atomic E-state index is 0.889. The first kappa shape index (κ1) is 12.1. The second-order valence-electron chi connectivity index (χ2n) is 3.89. The van der Waals surface area contributed by atoms with Crippen LogP contribution >= 0.6 is 0 Å². The number of para-hydroxylation sites is 1. The zero-order valence-electron chi connectivity index (χ0n) is 10.3. The van der Waals surface area contributed by atoms with E-state index in [4.69, 9.17) is 0 Å². The lowest BCUT2D eigenvalue weighted by Gasteiger charge is -2.22. The first-order chi connectivity index (χ1) is 8.86. The van der Waals surface area contributed by atoms with Crippen LogP contribution in [0.25, 0.3) is 0 Å². The fourth-order valence-electron chi connectivity index (χ4n) is 1.59. The van der Waals surface area contributed by atoms with Crippen LogP contribution in [0.2, 0.25) is 0 Å². The molecule has 1 N–H and O–H groups in total. The quantitative estimate of drug-likeness (QED) is 0.833. The molecule has 4 nitrogen and oxygen atoms in total. The minimum Gasteiger partial charge on any atom is -0.351 e. The average molecular weight is 240 g/mol. The SMILES string of the molecule is CC1=NC=CN(c2ccccc2)C1.c1c[nH]cn1. The molecular weight excluding hydrogens is 224 g/mol.